The Labute approximate surface area is 152 Å². The Hall–Kier alpha value is -3.02. The first-order valence-corrected chi connectivity index (χ1v) is 8.54. The van der Waals surface area contributed by atoms with Crippen molar-refractivity contribution in [2.45, 2.75) is 19.8 Å². The normalized spacial score (nSPS) is 13.1. The fourth-order valence-corrected chi connectivity index (χ4v) is 2.85. The predicted molar refractivity (Wildman–Crippen MR) is 97.2 cm³/mol. The molecule has 2 aromatic rings. The second-order valence-corrected chi connectivity index (χ2v) is 6.19. The molecule has 0 saturated heterocycles. The Morgan fingerprint density at radius 3 is 2.85 bits per heavy atom. The number of unbranched alkanes of at least 4 members (excludes halogenated alkanes) is 1. The van der Waals surface area contributed by atoms with Gasteiger partial charge in [-0.3, -0.25) is 4.79 Å². The minimum Gasteiger partial charge on any atom is -0.494 e. The Morgan fingerprint density at radius 2 is 2.08 bits per heavy atom. The van der Waals surface area contributed by atoms with Gasteiger partial charge in [-0.2, -0.15) is 0 Å². The SMILES string of the molecule is Cc1cccc(OCCCCN2C(=O)COc3ccc(C(=O)O)cc32)c1. The van der Waals surface area contributed by atoms with Gasteiger partial charge in [-0.15, -0.1) is 0 Å². The highest BCUT2D eigenvalue weighted by Gasteiger charge is 2.26. The van der Waals surface area contributed by atoms with E-state index in [0.717, 1.165) is 24.2 Å². The standard InChI is InChI=1S/C20H21NO5/c1-14-5-4-6-16(11-14)25-10-3-2-9-21-17-12-15(20(23)24)7-8-18(17)26-13-19(21)22/h4-8,11-12H,2-3,9-10,13H2,1H3,(H,23,24). The van der Waals surface area contributed by atoms with Crippen LogP contribution in [0.2, 0.25) is 0 Å². The summed E-state index contributed by atoms with van der Waals surface area (Å²) in [5.74, 6) is 0.173. The van der Waals surface area contributed by atoms with Gasteiger partial charge in [0, 0.05) is 6.54 Å². The van der Waals surface area contributed by atoms with E-state index in [-0.39, 0.29) is 18.1 Å². The largest absolute Gasteiger partial charge is 0.494 e. The molecule has 0 unspecified atom stereocenters. The second kappa shape index (κ2) is 7.91. The van der Waals surface area contributed by atoms with E-state index in [4.69, 9.17) is 14.6 Å². The minimum absolute atomic E-state index is 0.0286. The number of fused-ring (bicyclic) bond motifs is 1. The molecular weight excluding hydrogens is 334 g/mol. The number of carboxylic acid groups (broad SMARTS) is 1. The van der Waals surface area contributed by atoms with Gasteiger partial charge in [0.1, 0.15) is 11.5 Å². The molecule has 0 saturated carbocycles. The third-order valence-electron chi connectivity index (χ3n) is 4.18. The summed E-state index contributed by atoms with van der Waals surface area (Å²) in [5.41, 5.74) is 1.79. The Morgan fingerprint density at radius 1 is 1.23 bits per heavy atom. The molecule has 136 valence electrons. The molecule has 0 atom stereocenters. The number of carboxylic acids is 1. The third-order valence-corrected chi connectivity index (χ3v) is 4.18. The molecule has 1 aliphatic heterocycles. The molecule has 1 amide bonds. The molecule has 0 aromatic heterocycles. The van der Waals surface area contributed by atoms with Gasteiger partial charge in [-0.1, -0.05) is 12.1 Å². The number of aryl methyl sites for hydroxylation is 1. The van der Waals surface area contributed by atoms with Crippen LogP contribution in [0.1, 0.15) is 28.8 Å². The zero-order valence-electron chi connectivity index (χ0n) is 14.6. The number of anilines is 1. The maximum atomic E-state index is 12.2. The molecule has 1 aliphatic rings. The monoisotopic (exact) mass is 355 g/mol. The van der Waals surface area contributed by atoms with E-state index in [9.17, 15) is 9.59 Å². The van der Waals surface area contributed by atoms with E-state index in [1.807, 2.05) is 31.2 Å². The summed E-state index contributed by atoms with van der Waals surface area (Å²) in [6.07, 6.45) is 1.53. The topological polar surface area (TPSA) is 76.1 Å². The molecule has 0 spiro atoms. The summed E-state index contributed by atoms with van der Waals surface area (Å²) in [6, 6.07) is 12.4. The third kappa shape index (κ3) is 4.14. The fourth-order valence-electron chi connectivity index (χ4n) is 2.85. The number of aromatic carboxylic acids is 1. The van der Waals surface area contributed by atoms with Crippen LogP contribution in [-0.4, -0.2) is 36.7 Å². The first-order chi connectivity index (χ1) is 12.5. The highest BCUT2D eigenvalue weighted by atomic mass is 16.5. The van der Waals surface area contributed by atoms with Crippen LogP contribution >= 0.6 is 0 Å². The molecule has 1 heterocycles. The summed E-state index contributed by atoms with van der Waals surface area (Å²) >= 11 is 0. The summed E-state index contributed by atoms with van der Waals surface area (Å²) < 4.78 is 11.1. The average molecular weight is 355 g/mol. The van der Waals surface area contributed by atoms with Crippen LogP contribution in [-0.2, 0) is 4.79 Å². The molecule has 0 aliphatic carbocycles. The summed E-state index contributed by atoms with van der Waals surface area (Å²) in [7, 11) is 0. The van der Waals surface area contributed by atoms with Crippen LogP contribution < -0.4 is 14.4 Å². The molecule has 0 bridgehead atoms. The number of ether oxygens (including phenoxy) is 2. The lowest BCUT2D eigenvalue weighted by atomic mass is 10.1. The van der Waals surface area contributed by atoms with E-state index in [1.54, 1.807) is 11.0 Å². The number of hydrogen-bond donors (Lipinski definition) is 1. The number of rotatable bonds is 7. The Balaban J connectivity index is 1.57. The molecule has 1 N–H and O–H groups in total. The van der Waals surface area contributed by atoms with Crippen LogP contribution in [0.4, 0.5) is 5.69 Å². The first kappa shape index (κ1) is 17.8. The van der Waals surface area contributed by atoms with E-state index in [2.05, 4.69) is 0 Å². The number of carbonyl (C=O) groups is 2. The van der Waals surface area contributed by atoms with E-state index in [1.165, 1.54) is 12.1 Å². The molecule has 2 aromatic carbocycles. The number of amides is 1. The van der Waals surface area contributed by atoms with E-state index < -0.39 is 5.97 Å². The van der Waals surface area contributed by atoms with Gasteiger partial charge in [0.15, 0.2) is 6.61 Å². The zero-order chi connectivity index (χ0) is 18.5. The van der Waals surface area contributed by atoms with Crippen LogP contribution in [0.3, 0.4) is 0 Å². The maximum absolute atomic E-state index is 12.2. The number of hydrogen-bond acceptors (Lipinski definition) is 4. The van der Waals surface area contributed by atoms with E-state index in [0.29, 0.717) is 24.6 Å². The van der Waals surface area contributed by atoms with Crippen molar-refractivity contribution in [3.63, 3.8) is 0 Å². The van der Waals surface area contributed by atoms with Crippen molar-refractivity contribution in [2.24, 2.45) is 0 Å². The van der Waals surface area contributed by atoms with Gasteiger partial charge >= 0.3 is 5.97 Å². The predicted octanol–water partition coefficient (Wildman–Crippen LogP) is 3.28. The van der Waals surface area contributed by atoms with Crippen molar-refractivity contribution in [1.82, 2.24) is 0 Å². The quantitative estimate of drug-likeness (QED) is 0.772. The van der Waals surface area contributed by atoms with Gasteiger partial charge in [0.25, 0.3) is 5.91 Å². The number of benzene rings is 2. The molecule has 6 heteroatoms. The van der Waals surface area contributed by atoms with Gasteiger partial charge in [-0.05, 0) is 55.7 Å². The molecular formula is C20H21NO5. The molecule has 26 heavy (non-hydrogen) atoms. The molecule has 3 rings (SSSR count). The highest BCUT2D eigenvalue weighted by Crippen LogP contribution is 2.33. The van der Waals surface area contributed by atoms with Crippen molar-refractivity contribution >= 4 is 17.6 Å². The van der Waals surface area contributed by atoms with Crippen molar-refractivity contribution in [3.8, 4) is 11.5 Å². The van der Waals surface area contributed by atoms with Crippen LogP contribution in [0.25, 0.3) is 0 Å². The van der Waals surface area contributed by atoms with Crippen molar-refractivity contribution in [1.29, 1.82) is 0 Å². The maximum Gasteiger partial charge on any atom is 0.335 e. The zero-order valence-corrected chi connectivity index (χ0v) is 14.6. The molecule has 0 radical (unpaired) electrons. The van der Waals surface area contributed by atoms with Crippen LogP contribution in [0.5, 0.6) is 11.5 Å². The lowest BCUT2D eigenvalue weighted by Crippen LogP contribution is -2.39. The highest BCUT2D eigenvalue weighted by molar-refractivity contribution is 5.99. The minimum atomic E-state index is -1.03. The fraction of sp³-hybridized carbons (Fsp3) is 0.300. The number of carbonyl (C=O) groups excluding carboxylic acids is 1. The Bertz CT molecular complexity index is 818. The average Bonchev–Trinajstić information content (AvgIpc) is 2.62. The lowest BCUT2D eigenvalue weighted by Gasteiger charge is -2.29. The van der Waals surface area contributed by atoms with Gasteiger partial charge in [0.05, 0.1) is 17.9 Å². The van der Waals surface area contributed by atoms with Gasteiger partial charge in [-0.25, -0.2) is 4.79 Å². The lowest BCUT2D eigenvalue weighted by molar-refractivity contribution is -0.121. The van der Waals surface area contributed by atoms with Crippen molar-refractivity contribution in [2.75, 3.05) is 24.7 Å². The van der Waals surface area contributed by atoms with Crippen LogP contribution in [0.15, 0.2) is 42.5 Å². The van der Waals surface area contributed by atoms with Crippen molar-refractivity contribution in [3.05, 3.63) is 53.6 Å². The smallest absolute Gasteiger partial charge is 0.335 e. The first-order valence-electron chi connectivity index (χ1n) is 8.54. The van der Waals surface area contributed by atoms with Crippen molar-refractivity contribution < 1.29 is 24.2 Å². The number of nitrogens with zero attached hydrogens (tertiary/aromatic N) is 1. The summed E-state index contributed by atoms with van der Waals surface area (Å²) in [5, 5.41) is 9.15. The van der Waals surface area contributed by atoms with E-state index >= 15 is 0 Å². The summed E-state index contributed by atoms with van der Waals surface area (Å²) in [6.45, 7) is 3.04. The second-order valence-electron chi connectivity index (χ2n) is 6.19. The summed E-state index contributed by atoms with van der Waals surface area (Å²) in [4.78, 5) is 25.0. The van der Waals surface area contributed by atoms with Gasteiger partial charge < -0.3 is 19.5 Å². The Kier molecular flexibility index (Phi) is 5.41. The van der Waals surface area contributed by atoms with Crippen LogP contribution in [0, 0.1) is 6.92 Å². The molecule has 6 nitrogen and oxygen atoms in total. The molecule has 0 fully saturated rings. The van der Waals surface area contributed by atoms with Gasteiger partial charge in [0.2, 0.25) is 0 Å².